The van der Waals surface area contributed by atoms with Gasteiger partial charge < -0.3 is 15.2 Å². The summed E-state index contributed by atoms with van der Waals surface area (Å²) in [5.74, 6) is 2.43. The largest absolute Gasteiger partial charge is 0.360 e. The Kier molecular flexibility index (Phi) is 4.76. The van der Waals surface area contributed by atoms with Crippen molar-refractivity contribution in [3.63, 3.8) is 0 Å². The van der Waals surface area contributed by atoms with Crippen LogP contribution >= 0.6 is 0 Å². The van der Waals surface area contributed by atoms with Crippen molar-refractivity contribution in [3.05, 3.63) is 77.6 Å². The first-order chi connectivity index (χ1) is 13.5. The summed E-state index contributed by atoms with van der Waals surface area (Å²) < 4.78 is 5.12. The van der Waals surface area contributed by atoms with Gasteiger partial charge in [0.2, 0.25) is 5.95 Å². The molecular weight excluding hydrogens is 350 g/mol. The first kappa shape index (κ1) is 17.7. The number of rotatable bonds is 5. The Balaban J connectivity index is 1.72. The first-order valence-electron chi connectivity index (χ1n) is 9.05. The predicted octanol–water partition coefficient (Wildman–Crippen LogP) is 5.54. The lowest BCUT2D eigenvalue weighted by atomic mass is 10.1. The van der Waals surface area contributed by atoms with Gasteiger partial charge in [0.15, 0.2) is 5.82 Å². The molecule has 0 aliphatic rings. The number of hydrogen-bond donors (Lipinski definition) is 2. The van der Waals surface area contributed by atoms with E-state index in [-0.39, 0.29) is 0 Å². The van der Waals surface area contributed by atoms with E-state index in [9.17, 15) is 0 Å². The molecule has 2 N–H and O–H groups in total. The molecule has 0 saturated carbocycles. The standard InChI is InChI=1S/C22H21N5O/c1-14-9-15(2)11-18(10-14)23-20-13-19(17-7-5-4-6-8-17)24-22(25-20)26-21-12-16(3)28-27-21/h4-13H,1-3H3,(H2,23,24,25,26,27). The summed E-state index contributed by atoms with van der Waals surface area (Å²) in [7, 11) is 0. The molecule has 0 aliphatic heterocycles. The van der Waals surface area contributed by atoms with E-state index in [1.165, 1.54) is 11.1 Å². The molecular formula is C22H21N5O. The Morgan fingerprint density at radius 2 is 1.50 bits per heavy atom. The van der Waals surface area contributed by atoms with Gasteiger partial charge in [-0.2, -0.15) is 4.98 Å². The van der Waals surface area contributed by atoms with Crippen LogP contribution in [0.4, 0.5) is 23.3 Å². The highest BCUT2D eigenvalue weighted by Gasteiger charge is 2.10. The Bertz CT molecular complexity index is 1080. The Hall–Kier alpha value is -3.67. The normalized spacial score (nSPS) is 10.7. The van der Waals surface area contributed by atoms with Crippen LogP contribution in [0.15, 0.2) is 65.2 Å². The Morgan fingerprint density at radius 3 is 2.18 bits per heavy atom. The van der Waals surface area contributed by atoms with Crippen LogP contribution in [0.1, 0.15) is 16.9 Å². The molecule has 0 atom stereocenters. The fourth-order valence-corrected chi connectivity index (χ4v) is 3.06. The molecule has 0 radical (unpaired) electrons. The third-order valence-corrected chi connectivity index (χ3v) is 4.16. The zero-order valence-corrected chi connectivity index (χ0v) is 16.0. The molecule has 2 aromatic heterocycles. The maximum atomic E-state index is 5.12. The number of aryl methyl sites for hydroxylation is 3. The maximum Gasteiger partial charge on any atom is 0.231 e. The molecule has 0 fully saturated rings. The molecule has 2 aromatic carbocycles. The van der Waals surface area contributed by atoms with Crippen LogP contribution in [0.3, 0.4) is 0 Å². The van der Waals surface area contributed by atoms with Crippen LogP contribution in [0, 0.1) is 20.8 Å². The van der Waals surface area contributed by atoms with Crippen molar-refractivity contribution in [1.29, 1.82) is 0 Å². The first-order valence-corrected chi connectivity index (χ1v) is 9.05. The Labute approximate surface area is 163 Å². The van der Waals surface area contributed by atoms with Gasteiger partial charge >= 0.3 is 0 Å². The average Bonchev–Trinajstić information content (AvgIpc) is 3.06. The van der Waals surface area contributed by atoms with Gasteiger partial charge in [0.25, 0.3) is 0 Å². The van der Waals surface area contributed by atoms with Crippen LogP contribution in [0.5, 0.6) is 0 Å². The zero-order valence-electron chi connectivity index (χ0n) is 16.0. The van der Waals surface area contributed by atoms with Crippen LogP contribution in [-0.2, 0) is 0 Å². The molecule has 6 heteroatoms. The summed E-state index contributed by atoms with van der Waals surface area (Å²) in [5, 5.41) is 10.5. The van der Waals surface area contributed by atoms with E-state index < -0.39 is 0 Å². The molecule has 0 saturated heterocycles. The molecule has 0 amide bonds. The second kappa shape index (κ2) is 7.52. The van der Waals surface area contributed by atoms with Gasteiger partial charge in [0.1, 0.15) is 11.6 Å². The molecule has 28 heavy (non-hydrogen) atoms. The maximum absolute atomic E-state index is 5.12. The molecule has 140 valence electrons. The number of aromatic nitrogens is 3. The highest BCUT2D eigenvalue weighted by molar-refractivity contribution is 5.68. The van der Waals surface area contributed by atoms with Crippen molar-refractivity contribution >= 4 is 23.3 Å². The van der Waals surface area contributed by atoms with Gasteiger partial charge in [-0.1, -0.05) is 41.6 Å². The third kappa shape index (κ3) is 4.17. The molecule has 0 aliphatic carbocycles. The van der Waals surface area contributed by atoms with Gasteiger partial charge in [0.05, 0.1) is 5.69 Å². The number of nitrogens with one attached hydrogen (secondary N) is 2. The molecule has 4 aromatic rings. The summed E-state index contributed by atoms with van der Waals surface area (Å²) in [6.45, 7) is 5.99. The topological polar surface area (TPSA) is 75.9 Å². The summed E-state index contributed by atoms with van der Waals surface area (Å²) >= 11 is 0. The van der Waals surface area contributed by atoms with Crippen molar-refractivity contribution < 1.29 is 4.52 Å². The van der Waals surface area contributed by atoms with Crippen molar-refractivity contribution in [1.82, 2.24) is 15.1 Å². The molecule has 4 rings (SSSR count). The predicted molar refractivity (Wildman–Crippen MR) is 111 cm³/mol. The highest BCUT2D eigenvalue weighted by Crippen LogP contribution is 2.25. The van der Waals surface area contributed by atoms with Gasteiger partial charge in [-0.25, -0.2) is 4.98 Å². The van der Waals surface area contributed by atoms with Crippen molar-refractivity contribution in [2.75, 3.05) is 10.6 Å². The summed E-state index contributed by atoms with van der Waals surface area (Å²) in [5.41, 5.74) is 5.18. The minimum atomic E-state index is 0.446. The second-order valence-electron chi connectivity index (χ2n) is 6.78. The van der Waals surface area contributed by atoms with Gasteiger partial charge in [0, 0.05) is 23.4 Å². The zero-order chi connectivity index (χ0) is 19.5. The van der Waals surface area contributed by atoms with Crippen molar-refractivity contribution in [3.8, 4) is 11.3 Å². The molecule has 0 bridgehead atoms. The SMILES string of the molecule is Cc1cc(C)cc(Nc2cc(-c3ccccc3)nc(Nc3cc(C)on3)n2)c1. The number of benzene rings is 2. The highest BCUT2D eigenvalue weighted by atomic mass is 16.5. The van der Waals surface area contributed by atoms with Gasteiger partial charge in [-0.15, -0.1) is 0 Å². The van der Waals surface area contributed by atoms with Crippen molar-refractivity contribution in [2.45, 2.75) is 20.8 Å². The van der Waals surface area contributed by atoms with E-state index in [0.717, 1.165) is 22.7 Å². The van der Waals surface area contributed by atoms with Crippen LogP contribution in [0.2, 0.25) is 0 Å². The minimum Gasteiger partial charge on any atom is -0.360 e. The fraction of sp³-hybridized carbons (Fsp3) is 0.136. The lowest BCUT2D eigenvalue weighted by molar-refractivity contribution is 0.400. The average molecular weight is 371 g/mol. The minimum absolute atomic E-state index is 0.446. The third-order valence-electron chi connectivity index (χ3n) is 4.16. The quantitative estimate of drug-likeness (QED) is 0.479. The van der Waals surface area contributed by atoms with Crippen LogP contribution in [-0.4, -0.2) is 15.1 Å². The van der Waals surface area contributed by atoms with E-state index in [1.54, 1.807) is 6.07 Å². The van der Waals surface area contributed by atoms with E-state index in [2.05, 4.69) is 57.8 Å². The summed E-state index contributed by atoms with van der Waals surface area (Å²) in [6.07, 6.45) is 0. The second-order valence-corrected chi connectivity index (χ2v) is 6.78. The van der Waals surface area contributed by atoms with Gasteiger partial charge in [-0.05, 0) is 44.0 Å². The van der Waals surface area contributed by atoms with Gasteiger partial charge in [-0.3, -0.25) is 0 Å². The monoisotopic (exact) mass is 371 g/mol. The number of hydrogen-bond acceptors (Lipinski definition) is 6. The smallest absolute Gasteiger partial charge is 0.231 e. The number of nitrogens with zero attached hydrogens (tertiary/aromatic N) is 3. The van der Waals surface area contributed by atoms with E-state index >= 15 is 0 Å². The molecule has 0 unspecified atom stereocenters. The molecule has 0 spiro atoms. The number of anilines is 4. The fourth-order valence-electron chi connectivity index (χ4n) is 3.06. The van der Waals surface area contributed by atoms with E-state index in [1.807, 2.05) is 43.3 Å². The summed E-state index contributed by atoms with van der Waals surface area (Å²) in [6, 6.07) is 20.1. The molecule has 6 nitrogen and oxygen atoms in total. The summed E-state index contributed by atoms with van der Waals surface area (Å²) in [4.78, 5) is 9.24. The van der Waals surface area contributed by atoms with Crippen molar-refractivity contribution in [2.24, 2.45) is 0 Å². The van der Waals surface area contributed by atoms with Crippen LogP contribution < -0.4 is 10.6 Å². The molecule has 2 heterocycles. The van der Waals surface area contributed by atoms with Crippen LogP contribution in [0.25, 0.3) is 11.3 Å². The van der Waals surface area contributed by atoms with E-state index in [4.69, 9.17) is 4.52 Å². The Morgan fingerprint density at radius 1 is 0.750 bits per heavy atom. The lowest BCUT2D eigenvalue weighted by Gasteiger charge is -2.11. The van der Waals surface area contributed by atoms with E-state index in [0.29, 0.717) is 17.6 Å². The lowest BCUT2D eigenvalue weighted by Crippen LogP contribution is -2.03.